The van der Waals surface area contributed by atoms with Gasteiger partial charge in [0.25, 0.3) is 20.2 Å². The van der Waals surface area contributed by atoms with Crippen LogP contribution in [0.5, 0.6) is 0 Å². The molecule has 0 amide bonds. The fourth-order valence-electron chi connectivity index (χ4n) is 0.922. The summed E-state index contributed by atoms with van der Waals surface area (Å²) in [7, 11) is -8.94. The average molecular weight is 293 g/mol. The minimum absolute atomic E-state index is 0. The Hall–Kier alpha value is 0.476. The van der Waals surface area contributed by atoms with Crippen LogP contribution in [-0.2, 0) is 20.2 Å². The van der Waals surface area contributed by atoms with Crippen LogP contribution in [0.3, 0.4) is 0 Å². The van der Waals surface area contributed by atoms with E-state index in [0.29, 0.717) is 0 Å². The third kappa shape index (κ3) is 4.05. The van der Waals surface area contributed by atoms with E-state index in [9.17, 15) is 16.8 Å². The second kappa shape index (κ2) is 5.41. The first kappa shape index (κ1) is 16.5. The minimum atomic E-state index is -4.50. The predicted molar refractivity (Wildman–Crippen MR) is 57.6 cm³/mol. The molecule has 7 nitrogen and oxygen atoms in total. The average Bonchev–Trinajstić information content (AvgIpc) is 1.99. The maximum atomic E-state index is 10.7. The van der Waals surface area contributed by atoms with Crippen molar-refractivity contribution in [2.45, 2.75) is 9.79 Å². The van der Waals surface area contributed by atoms with Crippen LogP contribution in [0.2, 0.25) is 0 Å². The quantitative estimate of drug-likeness (QED) is 0.366. The van der Waals surface area contributed by atoms with Crippen molar-refractivity contribution >= 4 is 77.3 Å². The van der Waals surface area contributed by atoms with Crippen molar-refractivity contribution in [1.82, 2.24) is 0 Å². The van der Waals surface area contributed by atoms with Gasteiger partial charge in [0.05, 0.1) is 10.6 Å². The molecule has 0 aliphatic rings. The van der Waals surface area contributed by atoms with Crippen LogP contribution >= 0.6 is 0 Å². The molecule has 0 aliphatic heterocycles. The summed E-state index contributed by atoms with van der Waals surface area (Å²) in [6.07, 6.45) is 0. The van der Waals surface area contributed by atoms with Crippen molar-refractivity contribution in [2.24, 2.45) is 0 Å². The van der Waals surface area contributed by atoms with Gasteiger partial charge in [-0.1, -0.05) is 0 Å². The molecule has 1 aromatic rings. The summed E-state index contributed by atoms with van der Waals surface area (Å²) in [6.45, 7) is 0. The van der Waals surface area contributed by atoms with Gasteiger partial charge in [-0.25, -0.2) is 0 Å². The Labute approximate surface area is 135 Å². The summed E-state index contributed by atoms with van der Waals surface area (Å²) < 4.78 is 59.9. The Kier molecular flexibility index (Phi) is 5.57. The van der Waals surface area contributed by atoms with E-state index in [1.54, 1.807) is 0 Å². The molecule has 0 spiro atoms. The first-order chi connectivity index (χ1) is 6.62. The topological polar surface area (TPSA) is 135 Å². The van der Waals surface area contributed by atoms with Crippen molar-refractivity contribution in [1.29, 1.82) is 0 Å². The molecule has 0 saturated carbocycles. The number of benzene rings is 1. The van der Waals surface area contributed by atoms with Crippen molar-refractivity contribution in [3.05, 3.63) is 18.2 Å². The summed E-state index contributed by atoms with van der Waals surface area (Å²) in [4.78, 5) is -1.16. The van der Waals surface area contributed by atoms with Gasteiger partial charge >= 0.3 is 51.4 Å². The van der Waals surface area contributed by atoms with E-state index in [1.165, 1.54) is 0 Å². The van der Waals surface area contributed by atoms with Crippen LogP contribution in [0.15, 0.2) is 28.0 Å². The monoisotopic (exact) mass is 293 g/mol. The zero-order valence-corrected chi connectivity index (χ0v) is 8.79. The third-order valence-electron chi connectivity index (χ3n) is 1.56. The van der Waals surface area contributed by atoms with E-state index in [-0.39, 0.29) is 51.4 Å². The van der Waals surface area contributed by atoms with Gasteiger partial charge in [-0.3, -0.25) is 9.11 Å². The fraction of sp³-hybridized carbons (Fsp3) is 0. The Morgan fingerprint density at radius 3 is 1.81 bits per heavy atom. The molecule has 4 N–H and O–H groups in total. The molecule has 0 bridgehead atoms. The van der Waals surface area contributed by atoms with Crippen LogP contribution in [-0.4, -0.2) is 77.3 Å². The van der Waals surface area contributed by atoms with Crippen molar-refractivity contribution in [2.75, 3.05) is 5.73 Å². The second-order valence-electron chi connectivity index (χ2n) is 2.65. The standard InChI is InChI=1S/C6H7NO6S2.K.H/c7-5-3-4(14(8,9)10)1-2-6(5)15(11,12)13;;/h1-3H,7H2,(H,8,9,10)(H,11,12,13);;. The summed E-state index contributed by atoms with van der Waals surface area (Å²) in [5.74, 6) is 0. The Morgan fingerprint density at radius 1 is 1.00 bits per heavy atom. The SMILES string of the molecule is Nc1cc(S(=O)(=O)O)ccc1S(=O)(=O)O.[KH]. The van der Waals surface area contributed by atoms with Gasteiger partial charge in [0.2, 0.25) is 0 Å². The Bertz CT molecular complexity index is 593. The molecule has 10 heteroatoms. The van der Waals surface area contributed by atoms with E-state index in [0.717, 1.165) is 18.2 Å². The number of rotatable bonds is 2. The Morgan fingerprint density at radius 2 is 1.50 bits per heavy atom. The molecule has 16 heavy (non-hydrogen) atoms. The molecule has 1 aromatic carbocycles. The molecule has 0 atom stereocenters. The van der Waals surface area contributed by atoms with E-state index in [4.69, 9.17) is 14.8 Å². The van der Waals surface area contributed by atoms with Gasteiger partial charge in [0.15, 0.2) is 0 Å². The molecule has 0 saturated heterocycles. The van der Waals surface area contributed by atoms with Gasteiger partial charge in [0.1, 0.15) is 4.90 Å². The normalized spacial score (nSPS) is 11.9. The van der Waals surface area contributed by atoms with E-state index in [2.05, 4.69) is 0 Å². The van der Waals surface area contributed by atoms with Crippen LogP contribution in [0.1, 0.15) is 0 Å². The van der Waals surface area contributed by atoms with Crippen LogP contribution in [0.4, 0.5) is 5.69 Å². The van der Waals surface area contributed by atoms with Gasteiger partial charge in [0, 0.05) is 0 Å². The van der Waals surface area contributed by atoms with Crippen molar-refractivity contribution in [3.8, 4) is 0 Å². The van der Waals surface area contributed by atoms with Crippen molar-refractivity contribution < 1.29 is 25.9 Å². The number of hydrogen-bond acceptors (Lipinski definition) is 5. The molecule has 0 radical (unpaired) electrons. The molecular weight excluding hydrogens is 285 g/mol. The summed E-state index contributed by atoms with van der Waals surface area (Å²) in [6, 6.07) is 2.33. The Balaban J connectivity index is 0.00000225. The van der Waals surface area contributed by atoms with Crippen molar-refractivity contribution in [3.63, 3.8) is 0 Å². The number of nitrogen functional groups attached to an aromatic ring is 1. The first-order valence-electron chi connectivity index (χ1n) is 3.47. The summed E-state index contributed by atoms with van der Waals surface area (Å²) in [5.41, 5.74) is 4.72. The van der Waals surface area contributed by atoms with Crippen LogP contribution < -0.4 is 5.73 Å². The number of nitrogens with two attached hydrogens (primary N) is 1. The zero-order chi connectivity index (χ0) is 11.9. The van der Waals surface area contributed by atoms with E-state index >= 15 is 0 Å². The molecule has 0 heterocycles. The van der Waals surface area contributed by atoms with Gasteiger partial charge in [-0.2, -0.15) is 16.8 Å². The van der Waals surface area contributed by atoms with Gasteiger partial charge in [-0.05, 0) is 18.2 Å². The predicted octanol–water partition coefficient (Wildman–Crippen LogP) is -0.886. The van der Waals surface area contributed by atoms with E-state index < -0.39 is 35.7 Å². The maximum absolute atomic E-state index is 10.7. The molecule has 1 rings (SSSR count). The zero-order valence-electron chi connectivity index (χ0n) is 7.15. The summed E-state index contributed by atoms with van der Waals surface area (Å²) in [5, 5.41) is 0. The van der Waals surface area contributed by atoms with Gasteiger partial charge < -0.3 is 5.73 Å². The molecule has 0 fully saturated rings. The fourth-order valence-corrected chi connectivity index (χ4v) is 2.03. The second-order valence-corrected chi connectivity index (χ2v) is 5.46. The third-order valence-corrected chi connectivity index (χ3v) is 3.33. The molecule has 0 unspecified atom stereocenters. The number of hydrogen-bond donors (Lipinski definition) is 3. The first-order valence-corrected chi connectivity index (χ1v) is 6.35. The molecule has 86 valence electrons. The molecule has 0 aliphatic carbocycles. The van der Waals surface area contributed by atoms with Gasteiger partial charge in [-0.15, -0.1) is 0 Å². The van der Waals surface area contributed by atoms with E-state index in [1.807, 2.05) is 0 Å². The van der Waals surface area contributed by atoms with Crippen LogP contribution in [0.25, 0.3) is 0 Å². The summed E-state index contributed by atoms with van der Waals surface area (Å²) >= 11 is 0. The van der Waals surface area contributed by atoms with Crippen LogP contribution in [0, 0.1) is 0 Å². The number of anilines is 1. The molecule has 0 aromatic heterocycles. The molecular formula is C6H8KNO6S2.